The normalized spacial score (nSPS) is 16.9. The van der Waals surface area contributed by atoms with E-state index in [1.165, 1.54) is 6.07 Å². The molecule has 1 unspecified atom stereocenters. The fraction of sp³-hybridized carbons (Fsp3) is 0.294. The van der Waals surface area contributed by atoms with Gasteiger partial charge >= 0.3 is 0 Å². The van der Waals surface area contributed by atoms with Crippen LogP contribution in [0.25, 0.3) is 5.69 Å². The van der Waals surface area contributed by atoms with Gasteiger partial charge in [0.1, 0.15) is 11.6 Å². The highest BCUT2D eigenvalue weighted by molar-refractivity contribution is 5.91. The minimum absolute atomic E-state index is 0.0810. The molecule has 1 atom stereocenters. The van der Waals surface area contributed by atoms with Gasteiger partial charge in [-0.3, -0.25) is 4.79 Å². The van der Waals surface area contributed by atoms with Gasteiger partial charge in [-0.25, -0.2) is 9.37 Å². The van der Waals surface area contributed by atoms with Crippen LogP contribution in [0.15, 0.2) is 42.7 Å². The predicted octanol–water partition coefficient (Wildman–Crippen LogP) is 3.61. The number of carbonyl (C=O) groups excluding carboxylic acids is 1. The van der Waals surface area contributed by atoms with Crippen molar-refractivity contribution < 1.29 is 9.18 Å². The molecule has 1 heterocycles. The summed E-state index contributed by atoms with van der Waals surface area (Å²) in [6.45, 7) is 1.81. The van der Waals surface area contributed by atoms with Crippen LogP contribution in [-0.2, 0) is 4.79 Å². The fourth-order valence-electron chi connectivity index (χ4n) is 2.73. The molecule has 0 fully saturated rings. The summed E-state index contributed by atoms with van der Waals surface area (Å²) < 4.78 is 15.9. The second-order valence-corrected chi connectivity index (χ2v) is 5.53. The number of nitrogens with zero attached hydrogens (tertiary/aromatic N) is 2. The first-order valence-electron chi connectivity index (χ1n) is 7.40. The zero-order valence-corrected chi connectivity index (χ0v) is 12.4. The molecule has 0 spiro atoms. The van der Waals surface area contributed by atoms with Gasteiger partial charge < -0.3 is 9.88 Å². The number of nitrogens with one attached hydrogen (secondary N) is 1. The van der Waals surface area contributed by atoms with Gasteiger partial charge in [-0.2, -0.15) is 0 Å². The van der Waals surface area contributed by atoms with E-state index in [1.54, 1.807) is 29.1 Å². The van der Waals surface area contributed by atoms with Gasteiger partial charge in [0, 0.05) is 24.5 Å². The molecule has 0 aliphatic heterocycles. The maximum Gasteiger partial charge on any atom is 0.224 e. The first-order chi connectivity index (χ1) is 10.6. The van der Waals surface area contributed by atoms with Crippen molar-refractivity contribution in [1.29, 1.82) is 0 Å². The van der Waals surface area contributed by atoms with Crippen LogP contribution in [-0.4, -0.2) is 15.5 Å². The molecule has 0 saturated carbocycles. The highest BCUT2D eigenvalue weighted by atomic mass is 19.1. The molecule has 1 amide bonds. The molecule has 22 heavy (non-hydrogen) atoms. The van der Waals surface area contributed by atoms with Crippen molar-refractivity contribution in [3.8, 4) is 5.69 Å². The van der Waals surface area contributed by atoms with Gasteiger partial charge in [0.25, 0.3) is 0 Å². The van der Waals surface area contributed by atoms with Crippen molar-refractivity contribution >= 4 is 11.6 Å². The maximum absolute atomic E-state index is 14.2. The molecule has 3 rings (SSSR count). The Morgan fingerprint density at radius 2 is 2.36 bits per heavy atom. The number of benzene rings is 1. The Morgan fingerprint density at radius 3 is 3.00 bits per heavy atom. The number of aromatic nitrogens is 2. The average molecular weight is 299 g/mol. The third-order valence-corrected chi connectivity index (χ3v) is 3.88. The molecule has 1 aromatic heterocycles. The van der Waals surface area contributed by atoms with Crippen LogP contribution in [0.4, 0.5) is 10.1 Å². The van der Waals surface area contributed by atoms with Crippen LogP contribution in [0.5, 0.6) is 0 Å². The fourth-order valence-corrected chi connectivity index (χ4v) is 2.73. The average Bonchev–Trinajstić information content (AvgIpc) is 3.11. The Bertz CT molecular complexity index is 720. The second kappa shape index (κ2) is 6.13. The third kappa shape index (κ3) is 3.08. The van der Waals surface area contributed by atoms with E-state index in [9.17, 15) is 9.18 Å². The van der Waals surface area contributed by atoms with Crippen molar-refractivity contribution in [3.05, 3.63) is 54.4 Å². The quantitative estimate of drug-likeness (QED) is 0.877. The van der Waals surface area contributed by atoms with Gasteiger partial charge in [0.2, 0.25) is 5.91 Å². The Kier molecular flexibility index (Phi) is 4.04. The molecule has 1 aliphatic rings. The zero-order chi connectivity index (χ0) is 15.5. The van der Waals surface area contributed by atoms with Gasteiger partial charge in [0.15, 0.2) is 0 Å². The van der Waals surface area contributed by atoms with Gasteiger partial charge in [0.05, 0.1) is 5.69 Å². The number of carbonyl (C=O) groups is 1. The lowest BCUT2D eigenvalue weighted by atomic mass is 10.1. The van der Waals surface area contributed by atoms with Crippen molar-refractivity contribution in [1.82, 2.24) is 9.55 Å². The van der Waals surface area contributed by atoms with Crippen LogP contribution in [0.1, 0.15) is 25.1 Å². The Labute approximate surface area is 128 Å². The van der Waals surface area contributed by atoms with E-state index in [1.807, 2.05) is 6.92 Å². The molecule has 0 saturated heterocycles. The minimum Gasteiger partial charge on any atom is -0.326 e. The Balaban J connectivity index is 1.70. The highest BCUT2D eigenvalue weighted by Crippen LogP contribution is 2.22. The minimum atomic E-state index is -0.389. The van der Waals surface area contributed by atoms with E-state index < -0.39 is 0 Å². The van der Waals surface area contributed by atoms with E-state index in [4.69, 9.17) is 0 Å². The van der Waals surface area contributed by atoms with Crippen molar-refractivity contribution in [2.75, 3.05) is 5.32 Å². The van der Waals surface area contributed by atoms with Gasteiger partial charge in [-0.15, -0.1) is 0 Å². The van der Waals surface area contributed by atoms with Crippen molar-refractivity contribution in [2.45, 2.75) is 26.2 Å². The molecule has 1 N–H and O–H groups in total. The van der Waals surface area contributed by atoms with Crippen LogP contribution >= 0.6 is 0 Å². The lowest BCUT2D eigenvalue weighted by molar-refractivity contribution is -0.116. The topological polar surface area (TPSA) is 46.9 Å². The first-order valence-corrected chi connectivity index (χ1v) is 7.40. The number of allylic oxidation sites excluding steroid dienone is 2. The summed E-state index contributed by atoms with van der Waals surface area (Å²) >= 11 is 0. The van der Waals surface area contributed by atoms with E-state index in [0.29, 0.717) is 29.5 Å². The number of aryl methyl sites for hydroxylation is 1. The predicted molar refractivity (Wildman–Crippen MR) is 83.4 cm³/mol. The SMILES string of the molecule is Cc1nccn1-c1ccc(NC(=O)CC2C=CCC2)cc1F. The molecule has 5 heteroatoms. The maximum atomic E-state index is 14.2. The number of hydrogen-bond donors (Lipinski definition) is 1. The molecule has 0 radical (unpaired) electrons. The van der Waals surface area contributed by atoms with Crippen molar-refractivity contribution in [2.24, 2.45) is 5.92 Å². The zero-order valence-electron chi connectivity index (χ0n) is 12.4. The summed E-state index contributed by atoms with van der Waals surface area (Å²) in [6, 6.07) is 4.70. The van der Waals surface area contributed by atoms with Gasteiger partial charge in [-0.05, 0) is 43.9 Å². The summed E-state index contributed by atoms with van der Waals surface area (Å²) in [4.78, 5) is 16.0. The number of amides is 1. The van der Waals surface area contributed by atoms with E-state index >= 15 is 0 Å². The number of halogens is 1. The first kappa shape index (κ1) is 14.5. The second-order valence-electron chi connectivity index (χ2n) is 5.53. The molecule has 1 aromatic carbocycles. The van der Waals surface area contributed by atoms with Crippen LogP contribution < -0.4 is 5.32 Å². The summed E-state index contributed by atoms with van der Waals surface area (Å²) in [5.74, 6) is 0.545. The molecule has 0 bridgehead atoms. The van der Waals surface area contributed by atoms with Crippen LogP contribution in [0.3, 0.4) is 0 Å². The molecular formula is C17H18FN3O. The van der Waals surface area contributed by atoms with Gasteiger partial charge in [-0.1, -0.05) is 12.2 Å². The summed E-state index contributed by atoms with van der Waals surface area (Å²) in [5.41, 5.74) is 0.901. The summed E-state index contributed by atoms with van der Waals surface area (Å²) in [5, 5.41) is 2.76. The molecular weight excluding hydrogens is 281 g/mol. The number of imidazole rings is 1. The van der Waals surface area contributed by atoms with E-state index in [2.05, 4.69) is 22.5 Å². The number of rotatable bonds is 4. The smallest absolute Gasteiger partial charge is 0.224 e. The van der Waals surface area contributed by atoms with Crippen LogP contribution in [0, 0.1) is 18.7 Å². The lowest BCUT2D eigenvalue weighted by Crippen LogP contribution is -2.15. The summed E-state index contributed by atoms with van der Waals surface area (Å²) in [6.07, 6.45) is 10.00. The Morgan fingerprint density at radius 1 is 1.50 bits per heavy atom. The molecule has 2 aromatic rings. The number of anilines is 1. The lowest BCUT2D eigenvalue weighted by Gasteiger charge is -2.11. The third-order valence-electron chi connectivity index (χ3n) is 3.88. The molecule has 1 aliphatic carbocycles. The van der Waals surface area contributed by atoms with Crippen LogP contribution in [0.2, 0.25) is 0 Å². The van der Waals surface area contributed by atoms with E-state index in [-0.39, 0.29) is 11.7 Å². The Hall–Kier alpha value is -2.43. The van der Waals surface area contributed by atoms with Crippen molar-refractivity contribution in [3.63, 3.8) is 0 Å². The highest BCUT2D eigenvalue weighted by Gasteiger charge is 2.15. The molecule has 4 nitrogen and oxygen atoms in total. The standard InChI is InChI=1S/C17H18FN3O/c1-12-19-8-9-21(12)16-7-6-14(11-15(16)18)20-17(22)10-13-4-2-3-5-13/h2,4,6-9,11,13H,3,5,10H2,1H3,(H,20,22). The monoisotopic (exact) mass is 299 g/mol. The molecule has 114 valence electrons. The number of hydrogen-bond acceptors (Lipinski definition) is 2. The summed E-state index contributed by atoms with van der Waals surface area (Å²) in [7, 11) is 0. The largest absolute Gasteiger partial charge is 0.326 e. The van der Waals surface area contributed by atoms with E-state index in [0.717, 1.165) is 12.8 Å².